The van der Waals surface area contributed by atoms with E-state index in [2.05, 4.69) is 10.3 Å². The van der Waals surface area contributed by atoms with Crippen molar-refractivity contribution < 1.29 is 22.4 Å². The molecule has 1 amide bonds. The van der Waals surface area contributed by atoms with E-state index in [1.807, 2.05) is 0 Å². The van der Waals surface area contributed by atoms with E-state index < -0.39 is 57.0 Å². The Morgan fingerprint density at radius 2 is 1.76 bits per heavy atom. The number of anilines is 2. The Hall–Kier alpha value is -2.62. The summed E-state index contributed by atoms with van der Waals surface area (Å²) in [5.74, 6) is -3.85. The predicted molar refractivity (Wildman–Crippen MR) is 154 cm³/mol. The summed E-state index contributed by atoms with van der Waals surface area (Å²) >= 11 is 0. The molecular formula is C22H26Br3F3N6O3. The minimum atomic E-state index is -1.08. The van der Waals surface area contributed by atoms with Gasteiger partial charge in [0.05, 0.1) is 22.8 Å². The van der Waals surface area contributed by atoms with E-state index in [1.165, 1.54) is 12.1 Å². The number of nitrogens with one attached hydrogen (secondary N) is 1. The summed E-state index contributed by atoms with van der Waals surface area (Å²) in [5.41, 5.74) is 19.5. The van der Waals surface area contributed by atoms with Crippen LogP contribution in [0.2, 0.25) is 0 Å². The van der Waals surface area contributed by atoms with Crippen molar-refractivity contribution in [3.8, 4) is 11.3 Å². The van der Waals surface area contributed by atoms with Gasteiger partial charge in [-0.3, -0.25) is 14.6 Å². The molecule has 0 spiro atoms. The van der Waals surface area contributed by atoms with Gasteiger partial charge in [-0.25, -0.2) is 13.2 Å². The lowest BCUT2D eigenvalue weighted by atomic mass is 10.1. The normalized spacial score (nSPS) is 10.9. The fraction of sp³-hybridized carbons (Fsp3) is 0.227. The summed E-state index contributed by atoms with van der Waals surface area (Å²) in [6.07, 6.45) is 0.707. The lowest BCUT2D eigenvalue weighted by Crippen LogP contribution is -2.36. The Labute approximate surface area is 241 Å². The first-order valence-corrected chi connectivity index (χ1v) is 10.1. The van der Waals surface area contributed by atoms with E-state index in [0.29, 0.717) is 13.0 Å². The number of nitrogen functional groups attached to an aromatic ring is 1. The lowest BCUT2D eigenvalue weighted by Gasteiger charge is -2.13. The molecule has 9 N–H and O–H groups in total. The Morgan fingerprint density at radius 1 is 1.11 bits per heavy atom. The molecule has 3 aromatic rings. The van der Waals surface area contributed by atoms with Crippen LogP contribution in [0.5, 0.6) is 0 Å². The highest BCUT2D eigenvalue weighted by Crippen LogP contribution is 2.32. The maximum absolute atomic E-state index is 14.7. The van der Waals surface area contributed by atoms with Crippen LogP contribution in [0.4, 0.5) is 24.5 Å². The van der Waals surface area contributed by atoms with Gasteiger partial charge < -0.3 is 32.7 Å². The van der Waals surface area contributed by atoms with Gasteiger partial charge in [-0.1, -0.05) is 0 Å². The third-order valence-electron chi connectivity index (χ3n) is 5.13. The number of nitrogens with two attached hydrogens (primary N) is 4. The molecule has 2 aromatic carbocycles. The van der Waals surface area contributed by atoms with Crippen LogP contribution in [0.3, 0.4) is 0 Å². The first-order valence-electron chi connectivity index (χ1n) is 10.1. The number of aliphatic imine (C=N–C) groups is 1. The Balaban J connectivity index is 0.00000432. The molecular weight excluding hydrogens is 693 g/mol. The van der Waals surface area contributed by atoms with Crippen LogP contribution >= 0.6 is 50.9 Å². The number of guanidine groups is 1. The molecule has 1 aromatic heterocycles. The van der Waals surface area contributed by atoms with E-state index in [1.54, 1.807) is 0 Å². The fourth-order valence-corrected chi connectivity index (χ4v) is 3.27. The van der Waals surface area contributed by atoms with Gasteiger partial charge in [-0.2, -0.15) is 0 Å². The summed E-state index contributed by atoms with van der Waals surface area (Å²) in [6, 6.07) is 3.60. The number of amides is 1. The van der Waals surface area contributed by atoms with Gasteiger partial charge in [-0.05, 0) is 38.0 Å². The van der Waals surface area contributed by atoms with E-state index in [0.717, 1.165) is 19.1 Å². The van der Waals surface area contributed by atoms with Gasteiger partial charge in [0.15, 0.2) is 28.6 Å². The van der Waals surface area contributed by atoms with Crippen molar-refractivity contribution in [2.75, 3.05) is 17.6 Å². The standard InChI is InChI=1S/C22H23F3N6O3.3BrH/c1-9-17(24)19(27)16-14(32)8-15(34-20(16)18(9)25)10-4-5-13(11(23)7-10)31-21(33)12(26)3-2-6-30-22(28)29;;;/h4-5,7-8,12H,2-3,6,26-27H2,1H3,(H,31,33)(H4,28,29,30);3*1H. The van der Waals surface area contributed by atoms with Gasteiger partial charge in [-0.15, -0.1) is 50.9 Å². The van der Waals surface area contributed by atoms with Crippen molar-refractivity contribution in [2.24, 2.45) is 22.2 Å². The van der Waals surface area contributed by atoms with Crippen LogP contribution in [0.25, 0.3) is 22.3 Å². The van der Waals surface area contributed by atoms with Crippen molar-refractivity contribution >= 4 is 85.2 Å². The number of hydrogen-bond donors (Lipinski definition) is 5. The molecule has 9 nitrogen and oxygen atoms in total. The molecule has 0 bridgehead atoms. The number of halogens is 6. The first-order chi connectivity index (χ1) is 16.0. The third-order valence-corrected chi connectivity index (χ3v) is 5.13. The Kier molecular flexibility index (Phi) is 13.3. The molecule has 0 aliphatic rings. The molecule has 0 aliphatic heterocycles. The molecule has 15 heteroatoms. The molecule has 0 saturated carbocycles. The van der Waals surface area contributed by atoms with Gasteiger partial charge in [0, 0.05) is 23.7 Å². The lowest BCUT2D eigenvalue weighted by molar-refractivity contribution is -0.117. The summed E-state index contributed by atoms with van der Waals surface area (Å²) in [7, 11) is 0. The summed E-state index contributed by atoms with van der Waals surface area (Å²) in [6.45, 7) is 1.44. The zero-order chi connectivity index (χ0) is 25.2. The molecule has 0 radical (unpaired) electrons. The Morgan fingerprint density at radius 3 is 2.35 bits per heavy atom. The molecule has 3 rings (SSSR count). The number of fused-ring (bicyclic) bond motifs is 1. The average molecular weight is 719 g/mol. The van der Waals surface area contributed by atoms with E-state index >= 15 is 0 Å². The quantitative estimate of drug-likeness (QED) is 0.107. The van der Waals surface area contributed by atoms with Gasteiger partial charge >= 0.3 is 0 Å². The van der Waals surface area contributed by atoms with Crippen LogP contribution in [0.15, 0.2) is 38.5 Å². The topological polar surface area (TPSA) is 176 Å². The maximum Gasteiger partial charge on any atom is 0.241 e. The zero-order valence-electron chi connectivity index (χ0n) is 19.3. The number of rotatable bonds is 7. The first kappa shape index (κ1) is 34.4. The molecule has 0 aliphatic carbocycles. The minimum absolute atomic E-state index is 0. The van der Waals surface area contributed by atoms with Crippen LogP contribution < -0.4 is 33.7 Å². The van der Waals surface area contributed by atoms with E-state index in [9.17, 15) is 22.8 Å². The minimum Gasteiger partial charge on any atom is -0.453 e. The smallest absolute Gasteiger partial charge is 0.241 e. The summed E-state index contributed by atoms with van der Waals surface area (Å²) in [5, 5.41) is 1.93. The molecule has 37 heavy (non-hydrogen) atoms. The van der Waals surface area contributed by atoms with Crippen molar-refractivity contribution in [1.29, 1.82) is 0 Å². The molecule has 0 saturated heterocycles. The molecule has 1 heterocycles. The van der Waals surface area contributed by atoms with Crippen molar-refractivity contribution in [2.45, 2.75) is 25.8 Å². The van der Waals surface area contributed by atoms with Gasteiger partial charge in [0.2, 0.25) is 5.91 Å². The van der Waals surface area contributed by atoms with E-state index in [4.69, 9.17) is 27.4 Å². The molecule has 1 atom stereocenters. The van der Waals surface area contributed by atoms with Gasteiger partial charge in [0.25, 0.3) is 0 Å². The Bertz CT molecular complexity index is 1370. The summed E-state index contributed by atoms with van der Waals surface area (Å²) < 4.78 is 48.7. The second-order valence-electron chi connectivity index (χ2n) is 7.58. The van der Waals surface area contributed by atoms with Crippen molar-refractivity contribution in [3.05, 3.63) is 57.5 Å². The largest absolute Gasteiger partial charge is 0.453 e. The highest BCUT2D eigenvalue weighted by atomic mass is 79.9. The maximum atomic E-state index is 14.7. The van der Waals surface area contributed by atoms with Crippen LogP contribution in [-0.4, -0.2) is 24.5 Å². The predicted octanol–water partition coefficient (Wildman–Crippen LogP) is 3.82. The van der Waals surface area contributed by atoms with Crippen LogP contribution in [-0.2, 0) is 4.79 Å². The monoisotopic (exact) mass is 716 g/mol. The van der Waals surface area contributed by atoms with Gasteiger partial charge in [0.1, 0.15) is 11.6 Å². The van der Waals surface area contributed by atoms with Crippen molar-refractivity contribution in [1.82, 2.24) is 0 Å². The molecule has 204 valence electrons. The summed E-state index contributed by atoms with van der Waals surface area (Å²) in [4.78, 5) is 28.5. The molecule has 0 fully saturated rings. The molecule has 1 unspecified atom stereocenters. The number of benzene rings is 2. The van der Waals surface area contributed by atoms with Crippen LogP contribution in [0.1, 0.15) is 18.4 Å². The number of carbonyl (C=O) groups is 1. The third kappa shape index (κ3) is 7.69. The number of hydrogen-bond acceptors (Lipinski definition) is 6. The van der Waals surface area contributed by atoms with Crippen molar-refractivity contribution in [3.63, 3.8) is 0 Å². The number of carbonyl (C=O) groups excluding carboxylic acids is 1. The number of nitrogens with zero attached hydrogens (tertiary/aromatic N) is 1. The van der Waals surface area contributed by atoms with Crippen LogP contribution in [0, 0.1) is 24.4 Å². The average Bonchev–Trinajstić information content (AvgIpc) is 2.79. The second kappa shape index (κ2) is 14.4. The zero-order valence-corrected chi connectivity index (χ0v) is 24.5. The SMILES string of the molecule is Br.Br.Br.Cc1c(F)c(N)c2c(=O)cc(-c3ccc(NC(=O)C(N)CCCN=C(N)N)c(F)c3)oc2c1F. The second-order valence-corrected chi connectivity index (χ2v) is 7.58. The fourth-order valence-electron chi connectivity index (χ4n) is 3.27. The highest BCUT2D eigenvalue weighted by Gasteiger charge is 2.21. The van der Waals surface area contributed by atoms with E-state index in [-0.39, 0.29) is 80.3 Å². The highest BCUT2D eigenvalue weighted by molar-refractivity contribution is 8.93.